The van der Waals surface area contributed by atoms with Crippen LogP contribution < -0.4 is 0 Å². The number of hydrogen-bond acceptors (Lipinski definition) is 2. The van der Waals surface area contributed by atoms with Crippen molar-refractivity contribution in [2.75, 3.05) is 0 Å². The van der Waals surface area contributed by atoms with E-state index in [0.29, 0.717) is 12.2 Å². The fourth-order valence-electron chi connectivity index (χ4n) is 2.14. The molecule has 0 fully saturated rings. The molecule has 1 aliphatic heterocycles. The fraction of sp³-hybridized carbons (Fsp3) is 0.0625. The van der Waals surface area contributed by atoms with Crippen LogP contribution in [0.1, 0.15) is 16.7 Å². The maximum Gasteiger partial charge on any atom is 0.315 e. The summed E-state index contributed by atoms with van der Waals surface area (Å²) < 4.78 is 6.50. The van der Waals surface area contributed by atoms with Crippen LogP contribution in [-0.4, -0.2) is 5.97 Å². The molecule has 0 spiro atoms. The molecule has 2 aromatic carbocycles. The summed E-state index contributed by atoms with van der Waals surface area (Å²) >= 11 is 2.25. The number of ether oxygens (including phenoxy) is 1. The van der Waals surface area contributed by atoms with Gasteiger partial charge in [0, 0.05) is 5.56 Å². The van der Waals surface area contributed by atoms with Gasteiger partial charge in [0.05, 0.1) is 10.0 Å². The van der Waals surface area contributed by atoms with Crippen molar-refractivity contribution in [2.24, 2.45) is 0 Å². The Morgan fingerprint density at radius 2 is 1.63 bits per heavy atom. The van der Waals surface area contributed by atoms with Crippen LogP contribution in [-0.2, 0) is 16.0 Å². The van der Waals surface area contributed by atoms with E-state index in [1.807, 2.05) is 54.6 Å². The maximum atomic E-state index is 11.9. The summed E-state index contributed by atoms with van der Waals surface area (Å²) in [6.45, 7) is 0. The van der Waals surface area contributed by atoms with Gasteiger partial charge in [-0.15, -0.1) is 0 Å². The van der Waals surface area contributed by atoms with Crippen molar-refractivity contribution in [3.8, 4) is 0 Å². The topological polar surface area (TPSA) is 26.3 Å². The molecule has 1 aliphatic rings. The SMILES string of the molecule is O=C1Cc2ccccc2C(I)=C(c2ccccc2)O1. The minimum Gasteiger partial charge on any atom is -0.424 e. The Labute approximate surface area is 125 Å². The molecular formula is C16H11IO2. The predicted octanol–water partition coefficient (Wildman–Crippen LogP) is 4.05. The van der Waals surface area contributed by atoms with Crippen molar-refractivity contribution in [1.29, 1.82) is 0 Å². The van der Waals surface area contributed by atoms with Crippen molar-refractivity contribution in [1.82, 2.24) is 0 Å². The average Bonchev–Trinajstić information content (AvgIpc) is 2.57. The number of rotatable bonds is 1. The Morgan fingerprint density at radius 3 is 2.42 bits per heavy atom. The van der Waals surface area contributed by atoms with Gasteiger partial charge in [0.25, 0.3) is 0 Å². The second kappa shape index (κ2) is 5.17. The molecule has 0 saturated heterocycles. The van der Waals surface area contributed by atoms with E-state index < -0.39 is 0 Å². The average molecular weight is 362 g/mol. The lowest BCUT2D eigenvalue weighted by atomic mass is 10.0. The number of benzene rings is 2. The highest BCUT2D eigenvalue weighted by molar-refractivity contribution is 14.1. The highest BCUT2D eigenvalue weighted by atomic mass is 127. The number of hydrogen-bond donors (Lipinski definition) is 0. The zero-order valence-corrected chi connectivity index (χ0v) is 12.3. The van der Waals surface area contributed by atoms with Gasteiger partial charge in [-0.2, -0.15) is 0 Å². The van der Waals surface area contributed by atoms with Gasteiger partial charge >= 0.3 is 5.97 Å². The molecule has 2 aromatic rings. The van der Waals surface area contributed by atoms with Crippen molar-refractivity contribution < 1.29 is 9.53 Å². The Hall–Kier alpha value is -1.62. The van der Waals surface area contributed by atoms with E-state index in [9.17, 15) is 4.79 Å². The van der Waals surface area contributed by atoms with E-state index in [2.05, 4.69) is 22.6 Å². The van der Waals surface area contributed by atoms with Gasteiger partial charge in [-0.25, -0.2) is 0 Å². The molecule has 0 unspecified atom stereocenters. The molecule has 3 heteroatoms. The van der Waals surface area contributed by atoms with E-state index >= 15 is 0 Å². The zero-order chi connectivity index (χ0) is 13.2. The molecule has 19 heavy (non-hydrogen) atoms. The first kappa shape index (κ1) is 12.4. The highest BCUT2D eigenvalue weighted by Gasteiger charge is 2.22. The van der Waals surface area contributed by atoms with Crippen LogP contribution in [0.5, 0.6) is 0 Å². The number of cyclic esters (lactones) is 1. The molecule has 0 saturated carbocycles. The van der Waals surface area contributed by atoms with E-state index in [1.165, 1.54) is 0 Å². The van der Waals surface area contributed by atoms with Crippen LogP contribution >= 0.6 is 22.6 Å². The third-order valence-corrected chi connectivity index (χ3v) is 4.11. The van der Waals surface area contributed by atoms with Crippen LogP contribution in [0.3, 0.4) is 0 Å². The van der Waals surface area contributed by atoms with Gasteiger partial charge in [-0.1, -0.05) is 54.6 Å². The molecule has 0 amide bonds. The second-order valence-corrected chi connectivity index (χ2v) is 5.40. The van der Waals surface area contributed by atoms with Gasteiger partial charge in [0.15, 0.2) is 5.76 Å². The van der Waals surface area contributed by atoms with Crippen molar-refractivity contribution in [3.05, 3.63) is 71.3 Å². The van der Waals surface area contributed by atoms with E-state index in [1.54, 1.807) is 0 Å². The molecule has 3 rings (SSSR count). The molecule has 0 bridgehead atoms. The Kier molecular flexibility index (Phi) is 3.38. The Bertz CT molecular complexity index is 659. The molecule has 0 aromatic heterocycles. The number of carbonyl (C=O) groups is 1. The third-order valence-electron chi connectivity index (χ3n) is 3.04. The quantitative estimate of drug-likeness (QED) is 0.565. The smallest absolute Gasteiger partial charge is 0.315 e. The molecule has 0 radical (unpaired) electrons. The predicted molar refractivity (Wildman–Crippen MR) is 83.5 cm³/mol. The maximum absolute atomic E-state index is 11.9. The minimum absolute atomic E-state index is 0.210. The first-order valence-electron chi connectivity index (χ1n) is 6.00. The summed E-state index contributed by atoms with van der Waals surface area (Å²) in [5.74, 6) is 0.439. The number of halogens is 1. The molecule has 2 nitrogen and oxygen atoms in total. The van der Waals surface area contributed by atoms with Crippen LogP contribution in [0.15, 0.2) is 54.6 Å². The fourth-order valence-corrected chi connectivity index (χ4v) is 3.08. The normalized spacial score (nSPS) is 14.7. The lowest BCUT2D eigenvalue weighted by Crippen LogP contribution is -2.05. The monoisotopic (exact) mass is 362 g/mol. The summed E-state index contributed by atoms with van der Waals surface area (Å²) in [5, 5.41) is 0. The van der Waals surface area contributed by atoms with Crippen LogP contribution in [0.2, 0.25) is 0 Å². The summed E-state index contributed by atoms with van der Waals surface area (Å²) in [6, 6.07) is 17.7. The molecular weight excluding hydrogens is 351 g/mol. The standard InChI is InChI=1S/C16H11IO2/c17-15-13-9-5-4-8-12(13)10-14(18)19-16(15)11-6-2-1-3-7-11/h1-9H,10H2. The molecule has 1 heterocycles. The summed E-state index contributed by atoms with van der Waals surface area (Å²) in [7, 11) is 0. The van der Waals surface area contributed by atoms with Crippen molar-refractivity contribution >= 4 is 37.9 Å². The highest BCUT2D eigenvalue weighted by Crippen LogP contribution is 2.36. The Morgan fingerprint density at radius 1 is 0.947 bits per heavy atom. The summed E-state index contributed by atoms with van der Waals surface area (Å²) in [6.07, 6.45) is 0.318. The third kappa shape index (κ3) is 2.42. The second-order valence-electron chi connectivity index (χ2n) is 4.32. The largest absolute Gasteiger partial charge is 0.424 e. The zero-order valence-electron chi connectivity index (χ0n) is 10.1. The van der Waals surface area contributed by atoms with Crippen LogP contribution in [0, 0.1) is 0 Å². The first-order valence-corrected chi connectivity index (χ1v) is 7.08. The summed E-state index contributed by atoms with van der Waals surface area (Å²) in [5.41, 5.74) is 3.02. The number of carbonyl (C=O) groups excluding carboxylic acids is 1. The first-order chi connectivity index (χ1) is 9.25. The van der Waals surface area contributed by atoms with Crippen molar-refractivity contribution in [2.45, 2.75) is 6.42 Å². The van der Waals surface area contributed by atoms with Crippen molar-refractivity contribution in [3.63, 3.8) is 0 Å². The Balaban J connectivity index is 2.21. The molecule has 0 aliphatic carbocycles. The number of fused-ring (bicyclic) bond motifs is 1. The lowest BCUT2D eigenvalue weighted by molar-refractivity contribution is -0.135. The van der Waals surface area contributed by atoms with Crippen LogP contribution in [0.4, 0.5) is 0 Å². The van der Waals surface area contributed by atoms with E-state index in [4.69, 9.17) is 4.74 Å². The lowest BCUT2D eigenvalue weighted by Gasteiger charge is -2.09. The van der Waals surface area contributed by atoms with E-state index in [0.717, 1.165) is 20.3 Å². The van der Waals surface area contributed by atoms with Gasteiger partial charge in [0.2, 0.25) is 0 Å². The number of esters is 1. The van der Waals surface area contributed by atoms with Gasteiger partial charge in [-0.05, 0) is 33.7 Å². The van der Waals surface area contributed by atoms with Gasteiger partial charge in [0.1, 0.15) is 0 Å². The molecule has 0 N–H and O–H groups in total. The van der Waals surface area contributed by atoms with E-state index in [-0.39, 0.29) is 5.97 Å². The molecule has 94 valence electrons. The molecule has 0 atom stereocenters. The van der Waals surface area contributed by atoms with Gasteiger partial charge < -0.3 is 4.74 Å². The minimum atomic E-state index is -0.210. The summed E-state index contributed by atoms with van der Waals surface area (Å²) in [4.78, 5) is 11.9. The van der Waals surface area contributed by atoms with Gasteiger partial charge in [-0.3, -0.25) is 4.79 Å². The van der Waals surface area contributed by atoms with Crippen LogP contribution in [0.25, 0.3) is 9.34 Å².